The monoisotopic (exact) mass is 229 g/mol. The van der Waals surface area contributed by atoms with Crippen LogP contribution in [0.5, 0.6) is 0 Å². The molecule has 1 aromatic rings. The van der Waals surface area contributed by atoms with Crippen LogP contribution < -0.4 is 15.2 Å². The second-order valence-electron chi connectivity index (χ2n) is 2.96. The van der Waals surface area contributed by atoms with E-state index in [0.29, 0.717) is 18.8 Å². The predicted octanol–water partition coefficient (Wildman–Crippen LogP) is 0.411. The van der Waals surface area contributed by atoms with Crippen LogP contribution >= 0.6 is 0 Å². The fourth-order valence-corrected chi connectivity index (χ4v) is 2.11. The van der Waals surface area contributed by atoms with E-state index in [0.717, 1.165) is 5.56 Å². The average molecular weight is 229 g/mol. The highest BCUT2D eigenvalue weighted by Crippen LogP contribution is 2.14. The van der Waals surface area contributed by atoms with Gasteiger partial charge in [-0.3, -0.25) is 4.72 Å². The standard InChI is InChI=1S/C9H15N3O2S/c1-2-11-15(13,14)12-9-6-4-3-5-8(9)7-10/h3-6,11-12H,2,7,10H2,1H3. The molecule has 84 valence electrons. The smallest absolute Gasteiger partial charge is 0.299 e. The number of benzene rings is 1. The molecule has 0 atom stereocenters. The molecule has 0 fully saturated rings. The van der Waals surface area contributed by atoms with Gasteiger partial charge in [0, 0.05) is 13.1 Å². The molecule has 1 rings (SSSR count). The third kappa shape index (κ3) is 3.50. The van der Waals surface area contributed by atoms with Gasteiger partial charge in [-0.15, -0.1) is 0 Å². The molecule has 0 spiro atoms. The topological polar surface area (TPSA) is 84.2 Å². The van der Waals surface area contributed by atoms with Crippen LogP contribution in [0.15, 0.2) is 24.3 Å². The van der Waals surface area contributed by atoms with Gasteiger partial charge in [0.1, 0.15) is 0 Å². The molecule has 0 bridgehead atoms. The molecule has 0 aliphatic rings. The molecule has 15 heavy (non-hydrogen) atoms. The van der Waals surface area contributed by atoms with Gasteiger partial charge in [0.2, 0.25) is 0 Å². The summed E-state index contributed by atoms with van der Waals surface area (Å²) in [6.07, 6.45) is 0. The van der Waals surface area contributed by atoms with Gasteiger partial charge in [-0.1, -0.05) is 25.1 Å². The zero-order valence-corrected chi connectivity index (χ0v) is 9.34. The summed E-state index contributed by atoms with van der Waals surface area (Å²) >= 11 is 0. The van der Waals surface area contributed by atoms with Crippen LogP contribution in [0.4, 0.5) is 5.69 Å². The molecule has 0 saturated carbocycles. The Labute approximate surface area is 89.9 Å². The number of rotatable bonds is 5. The molecule has 0 aliphatic carbocycles. The summed E-state index contributed by atoms with van der Waals surface area (Å²) in [4.78, 5) is 0. The molecule has 0 aliphatic heterocycles. The van der Waals surface area contributed by atoms with Crippen LogP contribution in [-0.2, 0) is 16.8 Å². The summed E-state index contributed by atoms with van der Waals surface area (Å²) < 4.78 is 27.6. The number of hydrogen-bond donors (Lipinski definition) is 3. The fraction of sp³-hybridized carbons (Fsp3) is 0.333. The predicted molar refractivity (Wildman–Crippen MR) is 60.6 cm³/mol. The molecule has 0 aromatic heterocycles. The molecular weight excluding hydrogens is 214 g/mol. The lowest BCUT2D eigenvalue weighted by Crippen LogP contribution is -2.30. The van der Waals surface area contributed by atoms with Gasteiger partial charge in [0.15, 0.2) is 0 Å². The van der Waals surface area contributed by atoms with E-state index >= 15 is 0 Å². The number of para-hydroxylation sites is 1. The highest BCUT2D eigenvalue weighted by molar-refractivity contribution is 7.90. The summed E-state index contributed by atoms with van der Waals surface area (Å²) in [6, 6.07) is 7.02. The van der Waals surface area contributed by atoms with Crippen molar-refractivity contribution in [3.05, 3.63) is 29.8 Å². The van der Waals surface area contributed by atoms with Gasteiger partial charge in [0.05, 0.1) is 5.69 Å². The maximum absolute atomic E-state index is 11.4. The van der Waals surface area contributed by atoms with Gasteiger partial charge >= 0.3 is 0 Å². The van der Waals surface area contributed by atoms with Crippen LogP contribution in [0.3, 0.4) is 0 Å². The lowest BCUT2D eigenvalue weighted by atomic mass is 10.2. The van der Waals surface area contributed by atoms with Crippen molar-refractivity contribution < 1.29 is 8.42 Å². The largest absolute Gasteiger partial charge is 0.326 e. The van der Waals surface area contributed by atoms with Gasteiger partial charge < -0.3 is 5.73 Å². The van der Waals surface area contributed by atoms with E-state index in [2.05, 4.69) is 9.44 Å². The quantitative estimate of drug-likeness (QED) is 0.683. The maximum atomic E-state index is 11.4. The Morgan fingerprint density at radius 1 is 1.33 bits per heavy atom. The number of nitrogens with two attached hydrogens (primary N) is 1. The number of nitrogens with one attached hydrogen (secondary N) is 2. The Morgan fingerprint density at radius 2 is 2.00 bits per heavy atom. The van der Waals surface area contributed by atoms with E-state index in [1.54, 1.807) is 25.1 Å². The highest BCUT2D eigenvalue weighted by Gasteiger charge is 2.09. The van der Waals surface area contributed by atoms with E-state index in [1.807, 2.05) is 6.07 Å². The van der Waals surface area contributed by atoms with E-state index in [1.165, 1.54) is 0 Å². The molecule has 0 saturated heterocycles. The Bertz CT molecular complexity index is 417. The van der Waals surface area contributed by atoms with Crippen LogP contribution in [0.25, 0.3) is 0 Å². The van der Waals surface area contributed by atoms with Gasteiger partial charge in [0.25, 0.3) is 10.2 Å². The first-order chi connectivity index (χ1) is 7.09. The zero-order chi connectivity index (χ0) is 11.3. The van der Waals surface area contributed by atoms with Crippen LogP contribution in [0.2, 0.25) is 0 Å². The molecule has 0 unspecified atom stereocenters. The molecule has 0 radical (unpaired) electrons. The minimum Gasteiger partial charge on any atom is -0.326 e. The van der Waals surface area contributed by atoms with Gasteiger partial charge in [-0.05, 0) is 11.6 Å². The van der Waals surface area contributed by atoms with Crippen molar-refractivity contribution in [3.8, 4) is 0 Å². The molecule has 0 amide bonds. The molecular formula is C9H15N3O2S. The zero-order valence-electron chi connectivity index (χ0n) is 8.53. The average Bonchev–Trinajstić information content (AvgIpc) is 2.17. The van der Waals surface area contributed by atoms with Crippen molar-refractivity contribution >= 4 is 15.9 Å². The van der Waals surface area contributed by atoms with Crippen molar-refractivity contribution in [2.75, 3.05) is 11.3 Å². The lowest BCUT2D eigenvalue weighted by Gasteiger charge is -2.11. The minimum atomic E-state index is -3.47. The van der Waals surface area contributed by atoms with Crippen molar-refractivity contribution in [1.82, 2.24) is 4.72 Å². The van der Waals surface area contributed by atoms with Gasteiger partial charge in [-0.2, -0.15) is 13.1 Å². The van der Waals surface area contributed by atoms with E-state index in [4.69, 9.17) is 5.73 Å². The highest BCUT2D eigenvalue weighted by atomic mass is 32.2. The van der Waals surface area contributed by atoms with E-state index < -0.39 is 10.2 Å². The van der Waals surface area contributed by atoms with Crippen molar-refractivity contribution in [3.63, 3.8) is 0 Å². The fourth-order valence-electron chi connectivity index (χ4n) is 1.17. The van der Waals surface area contributed by atoms with Gasteiger partial charge in [-0.25, -0.2) is 0 Å². The molecule has 1 aromatic carbocycles. The summed E-state index contributed by atoms with van der Waals surface area (Å²) in [5.74, 6) is 0. The van der Waals surface area contributed by atoms with Crippen LogP contribution in [-0.4, -0.2) is 15.0 Å². The SMILES string of the molecule is CCNS(=O)(=O)Nc1ccccc1CN. The van der Waals surface area contributed by atoms with Crippen molar-refractivity contribution in [2.24, 2.45) is 5.73 Å². The summed E-state index contributed by atoms with van der Waals surface area (Å²) in [5, 5.41) is 0. The first-order valence-corrected chi connectivity index (χ1v) is 6.12. The third-order valence-electron chi connectivity index (χ3n) is 1.82. The molecule has 6 heteroatoms. The first kappa shape index (κ1) is 12.0. The maximum Gasteiger partial charge on any atom is 0.299 e. The van der Waals surface area contributed by atoms with E-state index in [-0.39, 0.29) is 0 Å². The number of hydrogen-bond acceptors (Lipinski definition) is 3. The Balaban J connectivity index is 2.89. The van der Waals surface area contributed by atoms with Crippen LogP contribution in [0.1, 0.15) is 12.5 Å². The summed E-state index contributed by atoms with van der Waals surface area (Å²) in [6.45, 7) is 2.36. The second kappa shape index (κ2) is 5.11. The Morgan fingerprint density at radius 3 is 2.60 bits per heavy atom. The minimum absolute atomic E-state index is 0.296. The first-order valence-electron chi connectivity index (χ1n) is 4.64. The Hall–Kier alpha value is -1.11. The van der Waals surface area contributed by atoms with Crippen LogP contribution in [0, 0.1) is 0 Å². The van der Waals surface area contributed by atoms with Crippen molar-refractivity contribution in [1.29, 1.82) is 0 Å². The summed E-state index contributed by atoms with van der Waals surface area (Å²) in [5.41, 5.74) is 6.77. The summed E-state index contributed by atoms with van der Waals surface area (Å²) in [7, 11) is -3.47. The number of anilines is 1. The van der Waals surface area contributed by atoms with Crippen molar-refractivity contribution in [2.45, 2.75) is 13.5 Å². The third-order valence-corrected chi connectivity index (χ3v) is 2.97. The van der Waals surface area contributed by atoms with E-state index in [9.17, 15) is 8.42 Å². The molecule has 0 heterocycles. The lowest BCUT2D eigenvalue weighted by molar-refractivity contribution is 0.589. The normalized spacial score (nSPS) is 11.3. The molecule has 5 nitrogen and oxygen atoms in total. The second-order valence-corrected chi connectivity index (χ2v) is 4.46. The molecule has 4 N–H and O–H groups in total. The Kier molecular flexibility index (Phi) is 4.07.